The van der Waals surface area contributed by atoms with Gasteiger partial charge in [0, 0.05) is 12.4 Å². The lowest BCUT2D eigenvalue weighted by atomic mass is 10.0. The average molecular weight is 431 g/mol. The molecule has 0 N–H and O–H groups in total. The third kappa shape index (κ3) is 5.36. The molecule has 3 aromatic rings. The molecular weight excluding hydrogens is 415 g/mol. The van der Waals surface area contributed by atoms with Gasteiger partial charge in [0.1, 0.15) is 0 Å². The summed E-state index contributed by atoms with van der Waals surface area (Å²) in [7, 11) is -4.70. The van der Waals surface area contributed by atoms with E-state index in [1.54, 1.807) is 48.5 Å². The first-order valence-corrected chi connectivity index (χ1v) is 10.4. The summed E-state index contributed by atoms with van der Waals surface area (Å²) in [4.78, 5) is 3.90. The van der Waals surface area contributed by atoms with Crippen molar-refractivity contribution in [2.75, 3.05) is 10.1 Å². The van der Waals surface area contributed by atoms with Crippen LogP contribution < -0.4 is 4.31 Å². The van der Waals surface area contributed by atoms with Crippen LogP contribution in [0.25, 0.3) is 11.1 Å². The first-order chi connectivity index (χ1) is 14.2. The molecule has 30 heavy (non-hydrogen) atoms. The zero-order chi connectivity index (χ0) is 21.8. The Bertz CT molecular complexity index is 1160. The van der Waals surface area contributed by atoms with E-state index < -0.39 is 22.0 Å². The number of nitrogens with zero attached hydrogens (tertiary/aromatic N) is 3. The molecule has 3 rings (SSSR count). The standard InChI is InChI=1S/C21H16F3N3O2S/c22-21(23,24)15-30(28,29)27(14-17-3-2-10-26-13-17)20-5-1-4-19(11-20)18-8-6-16(12-25)7-9-18/h1-11,13H,14-15H2. The molecule has 0 bridgehead atoms. The van der Waals surface area contributed by atoms with E-state index in [-0.39, 0.29) is 12.2 Å². The Morgan fingerprint density at radius 1 is 1.00 bits per heavy atom. The van der Waals surface area contributed by atoms with Gasteiger partial charge in [-0.15, -0.1) is 0 Å². The Morgan fingerprint density at radius 3 is 2.33 bits per heavy atom. The van der Waals surface area contributed by atoms with Crippen LogP contribution in [-0.4, -0.2) is 25.3 Å². The summed E-state index contributed by atoms with van der Waals surface area (Å²) < 4.78 is 64.8. The van der Waals surface area contributed by atoms with Gasteiger partial charge >= 0.3 is 6.18 Å². The number of aromatic nitrogens is 1. The maximum absolute atomic E-state index is 12.9. The molecule has 5 nitrogen and oxygen atoms in total. The number of halogens is 3. The number of benzene rings is 2. The molecule has 0 amide bonds. The fourth-order valence-corrected chi connectivity index (χ4v) is 4.22. The van der Waals surface area contributed by atoms with E-state index in [1.165, 1.54) is 24.5 Å². The van der Waals surface area contributed by atoms with Crippen LogP contribution in [0.2, 0.25) is 0 Å². The summed E-state index contributed by atoms with van der Waals surface area (Å²) in [6, 6.07) is 18.0. The first kappa shape index (κ1) is 21.3. The summed E-state index contributed by atoms with van der Waals surface area (Å²) >= 11 is 0. The zero-order valence-corrected chi connectivity index (χ0v) is 16.4. The van der Waals surface area contributed by atoms with Crippen molar-refractivity contribution in [3.05, 3.63) is 84.2 Å². The average Bonchev–Trinajstić information content (AvgIpc) is 2.71. The van der Waals surface area contributed by atoms with Gasteiger partial charge < -0.3 is 0 Å². The molecule has 0 aliphatic carbocycles. The number of hydrogen-bond acceptors (Lipinski definition) is 4. The molecule has 0 aliphatic heterocycles. The van der Waals surface area contributed by atoms with Gasteiger partial charge in [0.25, 0.3) is 0 Å². The van der Waals surface area contributed by atoms with Crippen LogP contribution in [0.4, 0.5) is 18.9 Å². The molecule has 0 fully saturated rings. The van der Waals surface area contributed by atoms with E-state index in [0.29, 0.717) is 22.3 Å². The lowest BCUT2D eigenvalue weighted by molar-refractivity contribution is -0.106. The fourth-order valence-electron chi connectivity index (χ4n) is 2.87. The predicted molar refractivity (Wildman–Crippen MR) is 107 cm³/mol. The lowest BCUT2D eigenvalue weighted by Gasteiger charge is -2.25. The van der Waals surface area contributed by atoms with Crippen molar-refractivity contribution in [2.24, 2.45) is 0 Å². The summed E-state index contributed by atoms with van der Waals surface area (Å²) in [6.07, 6.45) is -1.99. The number of hydrogen-bond donors (Lipinski definition) is 0. The quantitative estimate of drug-likeness (QED) is 0.575. The molecule has 0 aliphatic rings. The Kier molecular flexibility index (Phi) is 6.08. The summed E-state index contributed by atoms with van der Waals surface area (Å²) in [5.74, 6) is -1.97. The summed E-state index contributed by atoms with van der Waals surface area (Å²) in [5, 5.41) is 8.92. The van der Waals surface area contributed by atoms with Gasteiger partial charge in [-0.25, -0.2) is 8.42 Å². The number of alkyl halides is 3. The van der Waals surface area contributed by atoms with Crippen LogP contribution in [0.3, 0.4) is 0 Å². The summed E-state index contributed by atoms with van der Waals surface area (Å²) in [5.41, 5.74) is 2.32. The Morgan fingerprint density at radius 2 is 1.73 bits per heavy atom. The third-order valence-electron chi connectivity index (χ3n) is 4.21. The van der Waals surface area contributed by atoms with Gasteiger partial charge in [-0.2, -0.15) is 18.4 Å². The van der Waals surface area contributed by atoms with Crippen LogP contribution in [0.5, 0.6) is 0 Å². The fraction of sp³-hybridized carbons (Fsp3) is 0.143. The third-order valence-corrected chi connectivity index (χ3v) is 5.92. The van der Waals surface area contributed by atoms with Crippen molar-refractivity contribution in [2.45, 2.75) is 12.7 Å². The molecule has 0 saturated heterocycles. The maximum atomic E-state index is 12.9. The lowest BCUT2D eigenvalue weighted by Crippen LogP contribution is -2.37. The van der Waals surface area contributed by atoms with Gasteiger partial charge in [0.15, 0.2) is 5.75 Å². The van der Waals surface area contributed by atoms with Crippen LogP contribution in [0, 0.1) is 11.3 Å². The van der Waals surface area contributed by atoms with E-state index in [9.17, 15) is 21.6 Å². The number of pyridine rings is 1. The van der Waals surface area contributed by atoms with Gasteiger partial charge in [0.2, 0.25) is 10.0 Å². The molecule has 0 spiro atoms. The highest BCUT2D eigenvalue weighted by Gasteiger charge is 2.38. The van der Waals surface area contributed by atoms with Gasteiger partial charge in [-0.3, -0.25) is 9.29 Å². The molecule has 1 aromatic heterocycles. The smallest absolute Gasteiger partial charge is 0.265 e. The van der Waals surface area contributed by atoms with Crippen LogP contribution in [0.1, 0.15) is 11.1 Å². The molecule has 0 unspecified atom stereocenters. The van der Waals surface area contributed by atoms with Crippen molar-refractivity contribution in [1.82, 2.24) is 4.98 Å². The molecule has 9 heteroatoms. The Balaban J connectivity index is 2.03. The number of anilines is 1. The second kappa shape index (κ2) is 8.55. The second-order valence-corrected chi connectivity index (χ2v) is 8.37. The Hall–Kier alpha value is -3.38. The van der Waals surface area contributed by atoms with Crippen molar-refractivity contribution < 1.29 is 21.6 Å². The van der Waals surface area contributed by atoms with E-state index in [0.717, 1.165) is 4.31 Å². The minimum atomic E-state index is -4.88. The van der Waals surface area contributed by atoms with Crippen molar-refractivity contribution in [3.8, 4) is 17.2 Å². The highest BCUT2D eigenvalue weighted by molar-refractivity contribution is 7.92. The minimum absolute atomic E-state index is 0.102. The first-order valence-electron chi connectivity index (χ1n) is 8.75. The second-order valence-electron chi connectivity index (χ2n) is 6.48. The number of rotatable bonds is 6. The highest BCUT2D eigenvalue weighted by atomic mass is 32.2. The van der Waals surface area contributed by atoms with E-state index in [2.05, 4.69) is 4.98 Å². The molecule has 0 saturated carbocycles. The van der Waals surface area contributed by atoms with Crippen molar-refractivity contribution >= 4 is 15.7 Å². The van der Waals surface area contributed by atoms with Crippen molar-refractivity contribution in [1.29, 1.82) is 5.26 Å². The van der Waals surface area contributed by atoms with Crippen LogP contribution in [0.15, 0.2) is 73.1 Å². The minimum Gasteiger partial charge on any atom is -0.265 e. The van der Waals surface area contributed by atoms with Crippen LogP contribution >= 0.6 is 0 Å². The SMILES string of the molecule is N#Cc1ccc(-c2cccc(N(Cc3cccnc3)S(=O)(=O)CC(F)(F)F)c2)cc1. The molecule has 0 atom stereocenters. The summed E-state index contributed by atoms with van der Waals surface area (Å²) in [6.45, 7) is -0.289. The highest BCUT2D eigenvalue weighted by Crippen LogP contribution is 2.30. The molecule has 0 radical (unpaired) electrons. The topological polar surface area (TPSA) is 74.1 Å². The largest absolute Gasteiger partial charge is 0.404 e. The zero-order valence-electron chi connectivity index (χ0n) is 15.5. The predicted octanol–water partition coefficient (Wildman–Crippen LogP) is 4.52. The van der Waals surface area contributed by atoms with E-state index >= 15 is 0 Å². The van der Waals surface area contributed by atoms with Gasteiger partial charge in [0.05, 0.1) is 23.9 Å². The number of sulfonamides is 1. The molecule has 2 aromatic carbocycles. The van der Waals surface area contributed by atoms with Gasteiger partial charge in [-0.05, 0) is 47.0 Å². The maximum Gasteiger partial charge on any atom is 0.404 e. The van der Waals surface area contributed by atoms with Crippen LogP contribution in [-0.2, 0) is 16.6 Å². The molecule has 1 heterocycles. The van der Waals surface area contributed by atoms with E-state index in [1.807, 2.05) is 6.07 Å². The Labute approximate surface area is 172 Å². The van der Waals surface area contributed by atoms with Crippen molar-refractivity contribution in [3.63, 3.8) is 0 Å². The number of nitriles is 1. The molecule has 154 valence electrons. The normalized spacial score (nSPS) is 11.7. The van der Waals surface area contributed by atoms with E-state index in [4.69, 9.17) is 5.26 Å². The van der Waals surface area contributed by atoms with Gasteiger partial charge in [-0.1, -0.05) is 30.3 Å². The molecular formula is C21H16F3N3O2S. The monoisotopic (exact) mass is 431 g/mol.